The van der Waals surface area contributed by atoms with E-state index < -0.39 is 16.7 Å². The summed E-state index contributed by atoms with van der Waals surface area (Å²) in [5.41, 5.74) is 5.75. The molecule has 2 rings (SSSR count). The van der Waals surface area contributed by atoms with E-state index in [4.69, 9.17) is 23.1 Å². The number of aliphatic hydroxyl groups is 1. The predicted molar refractivity (Wildman–Crippen MR) is 84.5 cm³/mol. The van der Waals surface area contributed by atoms with Gasteiger partial charge in [-0.05, 0) is 6.07 Å². The lowest BCUT2D eigenvalue weighted by Gasteiger charge is -2.14. The van der Waals surface area contributed by atoms with Gasteiger partial charge in [0, 0.05) is 29.5 Å². The van der Waals surface area contributed by atoms with Gasteiger partial charge in [0.2, 0.25) is 0 Å². The molecule has 0 radical (unpaired) electrons. The predicted octanol–water partition coefficient (Wildman–Crippen LogP) is -0.114. The molecule has 2 amide bonds. The van der Waals surface area contributed by atoms with Crippen molar-refractivity contribution >= 4 is 40.4 Å². The Kier molecular flexibility index (Phi) is 4.67. The fourth-order valence-electron chi connectivity index (χ4n) is 2.01. The summed E-state index contributed by atoms with van der Waals surface area (Å²) < 4.78 is 0. The van der Waals surface area contributed by atoms with Gasteiger partial charge in [-0.25, -0.2) is 0 Å². The van der Waals surface area contributed by atoms with Crippen molar-refractivity contribution in [1.29, 1.82) is 0 Å². The SMILES string of the molecule is NC(=S)c1cc([N+](=O)[O-])ccc1NC1=CC(=O)N(CCO)C1=O. The third-order valence-corrected chi connectivity index (χ3v) is 3.30. The molecule has 0 fully saturated rings. The standard InChI is InChI=1S/C13H12N4O5S/c14-12(23)8-5-7(17(21)22)1-2-9(8)15-10-6-11(19)16(3-4-18)13(10)20/h1-2,5-6,15,18H,3-4H2,(H2,14,23). The van der Waals surface area contributed by atoms with Gasteiger partial charge in [0.25, 0.3) is 17.5 Å². The first-order chi connectivity index (χ1) is 10.8. The Hall–Kier alpha value is -2.85. The maximum atomic E-state index is 12.1. The van der Waals surface area contributed by atoms with E-state index in [0.29, 0.717) is 0 Å². The highest BCUT2D eigenvalue weighted by Crippen LogP contribution is 2.25. The lowest BCUT2D eigenvalue weighted by Crippen LogP contribution is -2.34. The number of aliphatic hydroxyl groups excluding tert-OH is 1. The summed E-state index contributed by atoms with van der Waals surface area (Å²) in [4.78, 5) is 34.7. The number of nitrogens with two attached hydrogens (primary N) is 1. The molecule has 120 valence electrons. The molecular formula is C13H12N4O5S. The van der Waals surface area contributed by atoms with E-state index in [9.17, 15) is 19.7 Å². The molecule has 1 aliphatic heterocycles. The van der Waals surface area contributed by atoms with Crippen LogP contribution in [0, 0.1) is 10.1 Å². The first-order valence-corrected chi connectivity index (χ1v) is 6.79. The number of non-ortho nitro benzene ring substituents is 1. The number of nitro groups is 1. The summed E-state index contributed by atoms with van der Waals surface area (Å²) in [6, 6.07) is 3.75. The lowest BCUT2D eigenvalue weighted by molar-refractivity contribution is -0.384. The van der Waals surface area contributed by atoms with Crippen LogP contribution in [-0.4, -0.2) is 44.9 Å². The molecule has 1 aliphatic rings. The molecule has 0 spiro atoms. The van der Waals surface area contributed by atoms with Gasteiger partial charge in [0.15, 0.2) is 0 Å². The molecule has 9 nitrogen and oxygen atoms in total. The van der Waals surface area contributed by atoms with Gasteiger partial charge in [-0.3, -0.25) is 24.6 Å². The van der Waals surface area contributed by atoms with Crippen molar-refractivity contribution in [2.75, 3.05) is 18.5 Å². The molecule has 0 aliphatic carbocycles. The average molecular weight is 336 g/mol. The van der Waals surface area contributed by atoms with Crippen molar-refractivity contribution in [2.24, 2.45) is 5.73 Å². The Morgan fingerprint density at radius 1 is 1.43 bits per heavy atom. The van der Waals surface area contributed by atoms with Crippen LogP contribution in [0.1, 0.15) is 5.56 Å². The van der Waals surface area contributed by atoms with E-state index in [-0.39, 0.29) is 40.8 Å². The highest BCUT2D eigenvalue weighted by Gasteiger charge is 2.31. The normalized spacial score (nSPS) is 14.0. The minimum Gasteiger partial charge on any atom is -0.395 e. The number of benzene rings is 1. The minimum absolute atomic E-state index is 0.0326. The summed E-state index contributed by atoms with van der Waals surface area (Å²) in [6.45, 7) is -0.476. The number of thiocarbonyl (C=S) groups is 1. The van der Waals surface area contributed by atoms with Gasteiger partial charge in [-0.1, -0.05) is 12.2 Å². The first-order valence-electron chi connectivity index (χ1n) is 6.38. The van der Waals surface area contributed by atoms with Crippen molar-refractivity contribution in [2.45, 2.75) is 0 Å². The fourth-order valence-corrected chi connectivity index (χ4v) is 2.18. The molecule has 0 bridgehead atoms. The Morgan fingerprint density at radius 3 is 2.70 bits per heavy atom. The van der Waals surface area contributed by atoms with Crippen LogP contribution in [0.2, 0.25) is 0 Å². The topological polar surface area (TPSA) is 139 Å². The van der Waals surface area contributed by atoms with Gasteiger partial charge in [0.05, 0.1) is 18.1 Å². The van der Waals surface area contributed by atoms with Crippen LogP contribution in [-0.2, 0) is 9.59 Å². The highest BCUT2D eigenvalue weighted by atomic mass is 32.1. The highest BCUT2D eigenvalue weighted by molar-refractivity contribution is 7.80. The van der Waals surface area contributed by atoms with Gasteiger partial charge >= 0.3 is 0 Å². The molecule has 10 heteroatoms. The number of carbonyl (C=O) groups is 2. The van der Waals surface area contributed by atoms with Crippen molar-refractivity contribution in [3.63, 3.8) is 0 Å². The quantitative estimate of drug-likeness (QED) is 0.283. The fraction of sp³-hybridized carbons (Fsp3) is 0.154. The van der Waals surface area contributed by atoms with Gasteiger partial charge in [-0.2, -0.15) is 0 Å². The Balaban J connectivity index is 2.32. The van der Waals surface area contributed by atoms with E-state index in [1.54, 1.807) is 0 Å². The first kappa shape index (κ1) is 16.5. The summed E-state index contributed by atoms with van der Waals surface area (Å²) in [5.74, 6) is -1.18. The number of hydrogen-bond acceptors (Lipinski definition) is 7. The van der Waals surface area contributed by atoms with E-state index in [1.165, 1.54) is 18.2 Å². The maximum absolute atomic E-state index is 12.1. The zero-order valence-corrected chi connectivity index (χ0v) is 12.5. The second-order valence-corrected chi connectivity index (χ2v) is 4.99. The molecule has 0 aromatic heterocycles. The van der Waals surface area contributed by atoms with Crippen LogP contribution in [0.5, 0.6) is 0 Å². The van der Waals surface area contributed by atoms with Crippen LogP contribution < -0.4 is 11.1 Å². The van der Waals surface area contributed by atoms with E-state index in [0.717, 1.165) is 11.0 Å². The van der Waals surface area contributed by atoms with Gasteiger partial charge in [0.1, 0.15) is 10.7 Å². The minimum atomic E-state index is -0.615. The average Bonchev–Trinajstić information content (AvgIpc) is 2.75. The van der Waals surface area contributed by atoms with Gasteiger partial charge in [-0.15, -0.1) is 0 Å². The Bertz CT molecular complexity index is 746. The smallest absolute Gasteiger partial charge is 0.277 e. The molecule has 4 N–H and O–H groups in total. The number of nitrogens with one attached hydrogen (secondary N) is 1. The monoisotopic (exact) mass is 336 g/mol. The molecule has 1 aromatic rings. The second kappa shape index (κ2) is 6.50. The molecule has 23 heavy (non-hydrogen) atoms. The van der Waals surface area contributed by atoms with E-state index >= 15 is 0 Å². The Labute approximate surface area is 135 Å². The molecular weight excluding hydrogens is 324 g/mol. The number of carbonyl (C=O) groups excluding carboxylic acids is 2. The number of nitro benzene ring substituents is 1. The van der Waals surface area contributed by atoms with Gasteiger partial charge < -0.3 is 16.2 Å². The van der Waals surface area contributed by atoms with Crippen LogP contribution in [0.25, 0.3) is 0 Å². The number of rotatable bonds is 6. The Morgan fingerprint density at radius 2 is 2.13 bits per heavy atom. The van der Waals surface area contributed by atoms with Crippen LogP contribution in [0.15, 0.2) is 30.0 Å². The van der Waals surface area contributed by atoms with E-state index in [2.05, 4.69) is 5.32 Å². The molecule has 0 saturated heterocycles. The largest absolute Gasteiger partial charge is 0.395 e. The third kappa shape index (κ3) is 3.33. The summed E-state index contributed by atoms with van der Waals surface area (Å²) in [5, 5.41) is 22.4. The number of anilines is 1. The molecule has 1 aromatic carbocycles. The van der Waals surface area contributed by atoms with Crippen molar-refractivity contribution in [3.05, 3.63) is 45.6 Å². The number of imide groups is 1. The van der Waals surface area contributed by atoms with Crippen LogP contribution in [0.4, 0.5) is 11.4 Å². The summed E-state index contributed by atoms with van der Waals surface area (Å²) >= 11 is 4.85. The molecule has 0 atom stereocenters. The third-order valence-electron chi connectivity index (χ3n) is 3.08. The van der Waals surface area contributed by atoms with E-state index in [1.807, 2.05) is 0 Å². The van der Waals surface area contributed by atoms with Crippen molar-refractivity contribution in [1.82, 2.24) is 4.90 Å². The van der Waals surface area contributed by atoms with Crippen LogP contribution >= 0.6 is 12.2 Å². The molecule has 0 saturated carbocycles. The zero-order chi connectivity index (χ0) is 17.1. The van der Waals surface area contributed by atoms with Crippen molar-refractivity contribution in [3.8, 4) is 0 Å². The van der Waals surface area contributed by atoms with Crippen molar-refractivity contribution < 1.29 is 19.6 Å². The number of β-amino-alcohol motifs (C(OH)–C–C–N with tert-alkyl or cyclic N) is 1. The second-order valence-electron chi connectivity index (χ2n) is 4.55. The molecule has 0 unspecified atom stereocenters. The summed E-state index contributed by atoms with van der Waals surface area (Å²) in [6.07, 6.45) is 1.07. The maximum Gasteiger partial charge on any atom is 0.277 e. The zero-order valence-electron chi connectivity index (χ0n) is 11.7. The number of amides is 2. The lowest BCUT2D eigenvalue weighted by atomic mass is 10.1. The summed E-state index contributed by atoms with van der Waals surface area (Å²) in [7, 11) is 0. The van der Waals surface area contributed by atoms with Crippen LogP contribution in [0.3, 0.4) is 0 Å². The number of nitrogens with zero attached hydrogens (tertiary/aromatic N) is 2. The number of hydrogen-bond donors (Lipinski definition) is 3. The molecule has 1 heterocycles.